The van der Waals surface area contributed by atoms with Gasteiger partial charge in [-0.05, 0) is 37.1 Å². The van der Waals surface area contributed by atoms with Crippen molar-refractivity contribution in [3.05, 3.63) is 35.4 Å². The third-order valence-corrected chi connectivity index (χ3v) is 4.83. The van der Waals surface area contributed by atoms with Gasteiger partial charge in [0.15, 0.2) is 0 Å². The SMILES string of the molecule is CCSC1CCC(NC(=O)c2ccccc2C#CCO)C1. The fourth-order valence-electron chi connectivity index (χ4n) is 2.65. The minimum absolute atomic E-state index is 0.0648. The summed E-state index contributed by atoms with van der Waals surface area (Å²) in [5, 5.41) is 12.6. The van der Waals surface area contributed by atoms with Gasteiger partial charge in [-0.25, -0.2) is 0 Å². The summed E-state index contributed by atoms with van der Waals surface area (Å²) in [6.45, 7) is 1.97. The Hall–Kier alpha value is -1.44. The largest absolute Gasteiger partial charge is 0.384 e. The first-order valence-electron chi connectivity index (χ1n) is 7.35. The Morgan fingerprint density at radius 3 is 3.00 bits per heavy atom. The summed E-state index contributed by atoms with van der Waals surface area (Å²) in [7, 11) is 0. The topological polar surface area (TPSA) is 49.3 Å². The first-order valence-corrected chi connectivity index (χ1v) is 8.40. The van der Waals surface area contributed by atoms with Crippen molar-refractivity contribution in [3.63, 3.8) is 0 Å². The van der Waals surface area contributed by atoms with Crippen molar-refractivity contribution in [3.8, 4) is 11.8 Å². The van der Waals surface area contributed by atoms with E-state index in [0.717, 1.165) is 18.6 Å². The fraction of sp³-hybridized carbons (Fsp3) is 0.471. The molecule has 112 valence electrons. The number of aliphatic hydroxyl groups is 1. The molecule has 1 saturated carbocycles. The molecule has 21 heavy (non-hydrogen) atoms. The second kappa shape index (κ2) is 8.11. The van der Waals surface area contributed by atoms with E-state index in [1.165, 1.54) is 6.42 Å². The Labute approximate surface area is 130 Å². The predicted octanol–water partition coefficient (Wildman–Crippen LogP) is 2.43. The number of hydrogen-bond donors (Lipinski definition) is 2. The molecule has 2 rings (SSSR count). The fourth-order valence-corrected chi connectivity index (χ4v) is 3.79. The molecule has 1 fully saturated rings. The standard InChI is InChI=1S/C17H21NO2S/c1-2-21-15-10-9-14(12-15)18-17(20)16-8-4-3-6-13(16)7-5-11-19/h3-4,6,8,14-15,19H,2,9-12H2,1H3,(H,18,20). The average molecular weight is 303 g/mol. The van der Waals surface area contributed by atoms with Crippen LogP contribution < -0.4 is 5.32 Å². The Kier molecular flexibility index (Phi) is 6.16. The lowest BCUT2D eigenvalue weighted by Gasteiger charge is -2.14. The van der Waals surface area contributed by atoms with Crippen LogP contribution in [0.2, 0.25) is 0 Å². The van der Waals surface area contributed by atoms with Gasteiger partial charge in [0.05, 0.1) is 5.56 Å². The Morgan fingerprint density at radius 1 is 1.43 bits per heavy atom. The minimum atomic E-state index is -0.200. The highest BCUT2D eigenvalue weighted by atomic mass is 32.2. The molecule has 0 heterocycles. The number of nitrogens with one attached hydrogen (secondary N) is 1. The zero-order valence-electron chi connectivity index (χ0n) is 12.3. The monoisotopic (exact) mass is 303 g/mol. The van der Waals surface area contributed by atoms with E-state index in [9.17, 15) is 4.79 Å². The van der Waals surface area contributed by atoms with Gasteiger partial charge in [0.2, 0.25) is 0 Å². The van der Waals surface area contributed by atoms with Crippen LogP contribution in [0.3, 0.4) is 0 Å². The molecule has 0 aromatic heterocycles. The van der Waals surface area contributed by atoms with Gasteiger partial charge in [-0.15, -0.1) is 0 Å². The zero-order valence-corrected chi connectivity index (χ0v) is 13.1. The first-order chi connectivity index (χ1) is 10.2. The molecular weight excluding hydrogens is 282 g/mol. The average Bonchev–Trinajstić information content (AvgIpc) is 2.93. The van der Waals surface area contributed by atoms with Crippen LogP contribution in [0, 0.1) is 11.8 Å². The lowest BCUT2D eigenvalue weighted by Crippen LogP contribution is -2.33. The summed E-state index contributed by atoms with van der Waals surface area (Å²) in [4.78, 5) is 12.4. The predicted molar refractivity (Wildman–Crippen MR) is 87.4 cm³/mol. The third-order valence-electron chi connectivity index (χ3n) is 3.60. The van der Waals surface area contributed by atoms with E-state index >= 15 is 0 Å². The third kappa shape index (κ3) is 4.52. The van der Waals surface area contributed by atoms with E-state index in [2.05, 4.69) is 24.1 Å². The van der Waals surface area contributed by atoms with Gasteiger partial charge in [0.25, 0.3) is 5.91 Å². The van der Waals surface area contributed by atoms with E-state index in [-0.39, 0.29) is 18.6 Å². The van der Waals surface area contributed by atoms with E-state index in [1.54, 1.807) is 6.07 Å². The van der Waals surface area contributed by atoms with Crippen LogP contribution in [0.15, 0.2) is 24.3 Å². The second-order valence-corrected chi connectivity index (χ2v) is 6.64. The molecule has 1 aromatic carbocycles. The maximum atomic E-state index is 12.4. The Bertz CT molecular complexity index is 547. The van der Waals surface area contributed by atoms with Crippen molar-refractivity contribution in [1.82, 2.24) is 5.32 Å². The second-order valence-electron chi connectivity index (χ2n) is 5.07. The molecule has 0 saturated heterocycles. The van der Waals surface area contributed by atoms with Crippen molar-refractivity contribution < 1.29 is 9.90 Å². The van der Waals surface area contributed by atoms with Crippen molar-refractivity contribution in [2.75, 3.05) is 12.4 Å². The number of hydrogen-bond acceptors (Lipinski definition) is 3. The molecule has 2 N–H and O–H groups in total. The zero-order chi connectivity index (χ0) is 15.1. The lowest BCUT2D eigenvalue weighted by atomic mass is 10.1. The maximum Gasteiger partial charge on any atom is 0.252 e. The van der Waals surface area contributed by atoms with E-state index < -0.39 is 0 Å². The molecular formula is C17H21NO2S. The van der Waals surface area contributed by atoms with Crippen LogP contribution >= 0.6 is 11.8 Å². The smallest absolute Gasteiger partial charge is 0.252 e. The number of benzene rings is 1. The molecule has 2 unspecified atom stereocenters. The summed E-state index contributed by atoms with van der Waals surface area (Å²) in [6.07, 6.45) is 3.28. The first kappa shape index (κ1) is 15.9. The highest BCUT2D eigenvalue weighted by Crippen LogP contribution is 2.29. The van der Waals surface area contributed by atoms with Gasteiger partial charge in [-0.3, -0.25) is 4.79 Å². The van der Waals surface area contributed by atoms with Crippen LogP contribution in [-0.4, -0.2) is 34.7 Å². The van der Waals surface area contributed by atoms with Crippen molar-refractivity contribution in [1.29, 1.82) is 0 Å². The van der Waals surface area contributed by atoms with Crippen molar-refractivity contribution in [2.45, 2.75) is 37.5 Å². The van der Waals surface area contributed by atoms with Gasteiger partial charge in [-0.2, -0.15) is 11.8 Å². The van der Waals surface area contributed by atoms with Crippen molar-refractivity contribution in [2.24, 2.45) is 0 Å². The van der Waals surface area contributed by atoms with Crippen molar-refractivity contribution >= 4 is 17.7 Å². The summed E-state index contributed by atoms with van der Waals surface area (Å²) in [5.41, 5.74) is 1.26. The minimum Gasteiger partial charge on any atom is -0.384 e. The van der Waals surface area contributed by atoms with Crippen LogP contribution in [0.5, 0.6) is 0 Å². The van der Waals surface area contributed by atoms with Crippen LogP contribution in [0.25, 0.3) is 0 Å². The highest BCUT2D eigenvalue weighted by molar-refractivity contribution is 7.99. The normalized spacial score (nSPS) is 20.7. The Morgan fingerprint density at radius 2 is 2.24 bits per heavy atom. The molecule has 1 aliphatic carbocycles. The molecule has 4 heteroatoms. The van der Waals surface area contributed by atoms with Gasteiger partial charge >= 0.3 is 0 Å². The summed E-state index contributed by atoms with van der Waals surface area (Å²) >= 11 is 1.98. The number of aliphatic hydroxyl groups excluding tert-OH is 1. The van der Waals surface area contributed by atoms with Gasteiger partial charge in [0, 0.05) is 16.9 Å². The van der Waals surface area contributed by atoms with Crippen LogP contribution in [0.4, 0.5) is 0 Å². The molecule has 0 bridgehead atoms. The number of carbonyl (C=O) groups excluding carboxylic acids is 1. The van der Waals surface area contributed by atoms with Gasteiger partial charge in [-0.1, -0.05) is 30.9 Å². The molecule has 1 aliphatic rings. The number of rotatable bonds is 4. The number of carbonyl (C=O) groups is 1. The van der Waals surface area contributed by atoms with Gasteiger partial charge < -0.3 is 10.4 Å². The summed E-state index contributed by atoms with van der Waals surface area (Å²) in [5.74, 6) is 6.50. The molecule has 0 radical (unpaired) electrons. The van der Waals surface area contributed by atoms with Crippen LogP contribution in [0.1, 0.15) is 42.1 Å². The van der Waals surface area contributed by atoms with Crippen LogP contribution in [-0.2, 0) is 0 Å². The molecule has 2 atom stereocenters. The molecule has 1 aromatic rings. The highest BCUT2D eigenvalue weighted by Gasteiger charge is 2.26. The number of thioether (sulfide) groups is 1. The summed E-state index contributed by atoms with van der Waals surface area (Å²) in [6, 6.07) is 7.54. The quantitative estimate of drug-likeness (QED) is 0.840. The Balaban J connectivity index is 2.01. The van der Waals surface area contributed by atoms with Gasteiger partial charge in [0.1, 0.15) is 6.61 Å². The number of amides is 1. The van der Waals surface area contributed by atoms with E-state index in [0.29, 0.717) is 16.4 Å². The molecule has 0 spiro atoms. The maximum absolute atomic E-state index is 12.4. The van der Waals surface area contributed by atoms with E-state index in [1.807, 2.05) is 30.0 Å². The molecule has 0 aliphatic heterocycles. The molecule has 1 amide bonds. The van der Waals surface area contributed by atoms with E-state index in [4.69, 9.17) is 5.11 Å². The lowest BCUT2D eigenvalue weighted by molar-refractivity contribution is 0.0937. The molecule has 3 nitrogen and oxygen atoms in total. The summed E-state index contributed by atoms with van der Waals surface area (Å²) < 4.78 is 0.